The lowest BCUT2D eigenvalue weighted by molar-refractivity contribution is 0.0819. The first-order valence-corrected chi connectivity index (χ1v) is 3.69. The van der Waals surface area contributed by atoms with E-state index in [0.29, 0.717) is 12.1 Å². The molecule has 2 nitrogen and oxygen atoms in total. The van der Waals surface area contributed by atoms with Crippen molar-refractivity contribution < 1.29 is 4.74 Å². The molecule has 52 valence electrons. The molecule has 3 unspecified atom stereocenters. The van der Waals surface area contributed by atoms with Gasteiger partial charge in [-0.2, -0.15) is 0 Å². The second-order valence-corrected chi connectivity index (χ2v) is 3.06. The van der Waals surface area contributed by atoms with Gasteiger partial charge in [0.15, 0.2) is 0 Å². The molecule has 0 aromatic heterocycles. The SMILES string of the molecule is COC1CC2CCC1N2. The van der Waals surface area contributed by atoms with E-state index in [9.17, 15) is 0 Å². The molecule has 2 saturated heterocycles. The standard InChI is InChI=1S/C7H13NO/c1-9-7-4-5-2-3-6(7)8-5/h5-8H,2-4H2,1H3. The second kappa shape index (κ2) is 1.96. The molecular weight excluding hydrogens is 114 g/mol. The van der Waals surface area contributed by atoms with E-state index in [4.69, 9.17) is 4.74 Å². The van der Waals surface area contributed by atoms with Gasteiger partial charge in [-0.05, 0) is 19.3 Å². The van der Waals surface area contributed by atoms with Gasteiger partial charge in [-0.1, -0.05) is 0 Å². The van der Waals surface area contributed by atoms with Gasteiger partial charge in [0.25, 0.3) is 0 Å². The Labute approximate surface area is 55.6 Å². The van der Waals surface area contributed by atoms with Crippen molar-refractivity contribution in [1.82, 2.24) is 5.32 Å². The molecule has 1 N–H and O–H groups in total. The van der Waals surface area contributed by atoms with Crippen LogP contribution in [0.3, 0.4) is 0 Å². The molecule has 2 heterocycles. The molecule has 0 spiro atoms. The second-order valence-electron chi connectivity index (χ2n) is 3.06. The van der Waals surface area contributed by atoms with E-state index in [1.807, 2.05) is 7.11 Å². The highest BCUT2D eigenvalue weighted by Gasteiger charge is 2.38. The van der Waals surface area contributed by atoms with E-state index >= 15 is 0 Å². The summed E-state index contributed by atoms with van der Waals surface area (Å²) in [4.78, 5) is 0. The van der Waals surface area contributed by atoms with Gasteiger partial charge in [0, 0.05) is 19.2 Å². The summed E-state index contributed by atoms with van der Waals surface area (Å²) in [6.07, 6.45) is 4.44. The van der Waals surface area contributed by atoms with E-state index in [0.717, 1.165) is 6.04 Å². The molecule has 9 heavy (non-hydrogen) atoms. The predicted molar refractivity (Wildman–Crippen MR) is 35.4 cm³/mol. The Hall–Kier alpha value is -0.0800. The van der Waals surface area contributed by atoms with Gasteiger partial charge in [0.05, 0.1) is 6.10 Å². The van der Waals surface area contributed by atoms with Crippen LogP contribution < -0.4 is 5.32 Å². The summed E-state index contributed by atoms with van der Waals surface area (Å²) in [5.41, 5.74) is 0. The molecule has 2 fully saturated rings. The lowest BCUT2D eigenvalue weighted by Gasteiger charge is -2.17. The molecular formula is C7H13NO. The van der Waals surface area contributed by atoms with E-state index < -0.39 is 0 Å². The Bertz CT molecular complexity index is 115. The smallest absolute Gasteiger partial charge is 0.0739 e. The number of nitrogens with one attached hydrogen (secondary N) is 1. The summed E-state index contributed by atoms with van der Waals surface area (Å²) < 4.78 is 5.28. The number of hydrogen-bond donors (Lipinski definition) is 1. The van der Waals surface area contributed by atoms with Gasteiger partial charge in [0.1, 0.15) is 0 Å². The molecule has 2 heteroatoms. The van der Waals surface area contributed by atoms with Crippen molar-refractivity contribution in [3.8, 4) is 0 Å². The Morgan fingerprint density at radius 2 is 2.33 bits per heavy atom. The minimum absolute atomic E-state index is 0.517. The summed E-state index contributed by atoms with van der Waals surface area (Å²) in [5, 5.41) is 3.50. The quantitative estimate of drug-likeness (QED) is 0.554. The maximum absolute atomic E-state index is 5.28. The number of methoxy groups -OCH3 is 1. The zero-order chi connectivity index (χ0) is 6.27. The molecule has 0 amide bonds. The summed E-state index contributed by atoms with van der Waals surface area (Å²) >= 11 is 0. The fourth-order valence-electron chi connectivity index (χ4n) is 2.03. The summed E-state index contributed by atoms with van der Waals surface area (Å²) in [5.74, 6) is 0. The Morgan fingerprint density at radius 1 is 1.44 bits per heavy atom. The third-order valence-corrected chi connectivity index (χ3v) is 2.54. The molecule has 3 atom stereocenters. The van der Waals surface area contributed by atoms with Crippen LogP contribution in [0.1, 0.15) is 19.3 Å². The van der Waals surface area contributed by atoms with Crippen LogP contribution in [0, 0.1) is 0 Å². The maximum Gasteiger partial charge on any atom is 0.0739 e. The van der Waals surface area contributed by atoms with Gasteiger partial charge < -0.3 is 10.1 Å². The number of fused-ring (bicyclic) bond motifs is 2. The van der Waals surface area contributed by atoms with Crippen molar-refractivity contribution in [2.45, 2.75) is 37.5 Å². The molecule has 0 saturated carbocycles. The fraction of sp³-hybridized carbons (Fsp3) is 1.00. The number of rotatable bonds is 1. The van der Waals surface area contributed by atoms with E-state index in [1.165, 1.54) is 19.3 Å². The monoisotopic (exact) mass is 127 g/mol. The molecule has 0 aliphatic carbocycles. The maximum atomic E-state index is 5.28. The summed E-state index contributed by atoms with van der Waals surface area (Å²) in [7, 11) is 1.81. The van der Waals surface area contributed by atoms with Crippen molar-refractivity contribution in [3.05, 3.63) is 0 Å². The highest BCUT2D eigenvalue weighted by atomic mass is 16.5. The van der Waals surface area contributed by atoms with Crippen LogP contribution in [0.4, 0.5) is 0 Å². The number of ether oxygens (including phenoxy) is 1. The normalized spacial score (nSPS) is 48.3. The first-order chi connectivity index (χ1) is 4.40. The zero-order valence-corrected chi connectivity index (χ0v) is 5.76. The molecule has 0 aromatic carbocycles. The van der Waals surface area contributed by atoms with Gasteiger partial charge in [-0.25, -0.2) is 0 Å². The average molecular weight is 127 g/mol. The molecule has 0 radical (unpaired) electrons. The van der Waals surface area contributed by atoms with Crippen molar-refractivity contribution in [2.75, 3.05) is 7.11 Å². The Balaban J connectivity index is 2.01. The third-order valence-electron chi connectivity index (χ3n) is 2.54. The van der Waals surface area contributed by atoms with Crippen LogP contribution >= 0.6 is 0 Å². The van der Waals surface area contributed by atoms with E-state index in [1.54, 1.807) is 0 Å². The predicted octanol–water partition coefficient (Wildman–Crippen LogP) is 0.526. The van der Waals surface area contributed by atoms with Gasteiger partial charge in [0.2, 0.25) is 0 Å². The molecule has 0 aromatic rings. The minimum atomic E-state index is 0.517. The van der Waals surface area contributed by atoms with E-state index in [-0.39, 0.29) is 0 Å². The van der Waals surface area contributed by atoms with Gasteiger partial charge in [-0.3, -0.25) is 0 Å². The third kappa shape index (κ3) is 0.775. The van der Waals surface area contributed by atoms with Crippen LogP contribution in [0.15, 0.2) is 0 Å². The largest absolute Gasteiger partial charge is 0.380 e. The number of hydrogen-bond acceptors (Lipinski definition) is 2. The van der Waals surface area contributed by atoms with Crippen LogP contribution in [0.5, 0.6) is 0 Å². The van der Waals surface area contributed by atoms with Crippen LogP contribution in [0.25, 0.3) is 0 Å². The topological polar surface area (TPSA) is 21.3 Å². The van der Waals surface area contributed by atoms with Crippen molar-refractivity contribution in [3.63, 3.8) is 0 Å². The summed E-state index contributed by atoms with van der Waals surface area (Å²) in [6, 6.07) is 1.46. The lowest BCUT2D eigenvalue weighted by atomic mass is 9.98. The first-order valence-electron chi connectivity index (χ1n) is 3.69. The van der Waals surface area contributed by atoms with Crippen molar-refractivity contribution in [2.24, 2.45) is 0 Å². The molecule has 2 bridgehead atoms. The molecule has 2 aliphatic rings. The first kappa shape index (κ1) is 5.69. The van der Waals surface area contributed by atoms with E-state index in [2.05, 4.69) is 5.32 Å². The highest BCUT2D eigenvalue weighted by Crippen LogP contribution is 2.29. The summed E-state index contributed by atoms with van der Waals surface area (Å²) in [6.45, 7) is 0. The molecule has 2 rings (SSSR count). The highest BCUT2D eigenvalue weighted by molar-refractivity contribution is 4.98. The zero-order valence-electron chi connectivity index (χ0n) is 5.76. The Morgan fingerprint density at radius 3 is 2.67 bits per heavy atom. The van der Waals surface area contributed by atoms with Crippen LogP contribution in [-0.4, -0.2) is 25.3 Å². The molecule has 2 aliphatic heterocycles. The average Bonchev–Trinajstić information content (AvgIpc) is 2.45. The minimum Gasteiger partial charge on any atom is -0.380 e. The van der Waals surface area contributed by atoms with Crippen molar-refractivity contribution >= 4 is 0 Å². The van der Waals surface area contributed by atoms with Crippen LogP contribution in [0.2, 0.25) is 0 Å². The lowest BCUT2D eigenvalue weighted by Crippen LogP contribution is -2.27. The van der Waals surface area contributed by atoms with Gasteiger partial charge in [-0.15, -0.1) is 0 Å². The van der Waals surface area contributed by atoms with Gasteiger partial charge >= 0.3 is 0 Å². The Kier molecular flexibility index (Phi) is 1.24. The van der Waals surface area contributed by atoms with Crippen LogP contribution in [-0.2, 0) is 4.74 Å². The van der Waals surface area contributed by atoms with Crippen molar-refractivity contribution in [1.29, 1.82) is 0 Å². The fourth-order valence-corrected chi connectivity index (χ4v) is 2.03.